The lowest BCUT2D eigenvalue weighted by molar-refractivity contribution is -0.384. The lowest BCUT2D eigenvalue weighted by Crippen LogP contribution is -2.17. The molecule has 0 spiro atoms. The molecule has 0 aliphatic rings. The van der Waals surface area contributed by atoms with Crippen molar-refractivity contribution in [3.63, 3.8) is 0 Å². The topological polar surface area (TPSA) is 93.8 Å². The van der Waals surface area contributed by atoms with Gasteiger partial charge in [-0.3, -0.25) is 14.9 Å². The van der Waals surface area contributed by atoms with Crippen LogP contribution in [0.5, 0.6) is 5.75 Å². The number of ether oxygens (including phenoxy) is 1. The van der Waals surface area contributed by atoms with Gasteiger partial charge < -0.3 is 4.74 Å². The second-order valence-electron chi connectivity index (χ2n) is 6.66. The molecule has 0 saturated carbocycles. The highest BCUT2D eigenvalue weighted by Crippen LogP contribution is 2.17. The number of nitro groups is 1. The zero-order chi connectivity index (χ0) is 20.9. The molecule has 0 aliphatic carbocycles. The third-order valence-electron chi connectivity index (χ3n) is 4.36. The van der Waals surface area contributed by atoms with Crippen molar-refractivity contribution in [3.8, 4) is 5.75 Å². The standard InChI is InChI=1S/C22H27N3O4/c1-2-3-4-5-6-9-15-29-21-14-8-7-11-19(21)17-23-24-22(26)18-12-10-13-20(16-18)25(27)28/h7-8,10-14,16-17H,2-6,9,15H2,1H3,(H,24,26). The van der Waals surface area contributed by atoms with E-state index in [-0.39, 0.29) is 11.3 Å². The predicted octanol–water partition coefficient (Wildman–Crippen LogP) is 5.10. The fourth-order valence-electron chi connectivity index (χ4n) is 2.77. The number of hydrogen-bond donors (Lipinski definition) is 1. The average Bonchev–Trinajstić information content (AvgIpc) is 2.74. The molecule has 0 unspecified atom stereocenters. The first-order valence-corrected chi connectivity index (χ1v) is 9.91. The van der Waals surface area contributed by atoms with Gasteiger partial charge in [-0.2, -0.15) is 5.10 Å². The first-order valence-electron chi connectivity index (χ1n) is 9.91. The number of nitrogens with zero attached hydrogens (tertiary/aromatic N) is 2. The van der Waals surface area contributed by atoms with E-state index in [1.54, 1.807) is 0 Å². The summed E-state index contributed by atoms with van der Waals surface area (Å²) in [5.41, 5.74) is 3.16. The van der Waals surface area contributed by atoms with Crippen molar-refractivity contribution in [1.29, 1.82) is 0 Å². The molecule has 0 radical (unpaired) electrons. The quantitative estimate of drug-likeness (QED) is 0.233. The van der Waals surface area contributed by atoms with Crippen LogP contribution in [0.4, 0.5) is 5.69 Å². The van der Waals surface area contributed by atoms with E-state index in [0.29, 0.717) is 12.4 Å². The molecule has 2 aromatic rings. The van der Waals surface area contributed by atoms with E-state index < -0.39 is 10.8 Å². The molecule has 0 aliphatic heterocycles. The third kappa shape index (κ3) is 7.73. The number of hydrazone groups is 1. The Bertz CT molecular complexity index is 836. The van der Waals surface area contributed by atoms with Crippen molar-refractivity contribution in [2.75, 3.05) is 6.61 Å². The number of carbonyl (C=O) groups is 1. The average molecular weight is 397 g/mol. The molecule has 7 nitrogen and oxygen atoms in total. The first kappa shape index (κ1) is 22.1. The van der Waals surface area contributed by atoms with Gasteiger partial charge in [0.1, 0.15) is 5.75 Å². The number of amides is 1. The Kier molecular flexibility index (Phi) is 9.35. The van der Waals surface area contributed by atoms with E-state index in [1.165, 1.54) is 56.2 Å². The molecule has 0 bridgehead atoms. The van der Waals surface area contributed by atoms with Gasteiger partial charge in [0.05, 0.1) is 17.7 Å². The van der Waals surface area contributed by atoms with Crippen LogP contribution in [-0.4, -0.2) is 23.7 Å². The number of non-ortho nitro benzene ring substituents is 1. The van der Waals surface area contributed by atoms with E-state index in [0.717, 1.165) is 18.4 Å². The Balaban J connectivity index is 1.86. The van der Waals surface area contributed by atoms with Crippen molar-refractivity contribution < 1.29 is 14.5 Å². The summed E-state index contributed by atoms with van der Waals surface area (Å²) >= 11 is 0. The van der Waals surface area contributed by atoms with Crippen molar-refractivity contribution >= 4 is 17.8 Å². The van der Waals surface area contributed by atoms with Crippen molar-refractivity contribution in [1.82, 2.24) is 5.43 Å². The largest absolute Gasteiger partial charge is 0.493 e. The zero-order valence-electron chi connectivity index (χ0n) is 16.7. The van der Waals surface area contributed by atoms with Gasteiger partial charge in [-0.05, 0) is 24.6 Å². The van der Waals surface area contributed by atoms with Crippen LogP contribution in [0.3, 0.4) is 0 Å². The number of carbonyl (C=O) groups excluding carboxylic acids is 1. The Labute approximate surface area is 170 Å². The molecule has 29 heavy (non-hydrogen) atoms. The van der Waals surface area contributed by atoms with E-state index in [1.807, 2.05) is 24.3 Å². The van der Waals surface area contributed by atoms with E-state index >= 15 is 0 Å². The van der Waals surface area contributed by atoms with Crippen LogP contribution in [0.1, 0.15) is 61.4 Å². The smallest absolute Gasteiger partial charge is 0.271 e. The van der Waals surface area contributed by atoms with Gasteiger partial charge in [-0.25, -0.2) is 5.43 Å². The Morgan fingerprint density at radius 3 is 2.66 bits per heavy atom. The van der Waals surface area contributed by atoms with Crippen molar-refractivity contribution in [3.05, 3.63) is 69.8 Å². The van der Waals surface area contributed by atoms with Crippen LogP contribution in [0.15, 0.2) is 53.6 Å². The van der Waals surface area contributed by atoms with Crippen LogP contribution in [0.25, 0.3) is 0 Å². The van der Waals surface area contributed by atoms with Crippen LogP contribution in [0, 0.1) is 10.1 Å². The van der Waals surface area contributed by atoms with Crippen LogP contribution < -0.4 is 10.2 Å². The molecule has 1 amide bonds. The second kappa shape index (κ2) is 12.3. The summed E-state index contributed by atoms with van der Waals surface area (Å²) in [6, 6.07) is 13.0. The molecular weight excluding hydrogens is 370 g/mol. The number of benzene rings is 2. The molecule has 0 saturated heterocycles. The molecule has 0 heterocycles. The molecular formula is C22H27N3O4. The lowest BCUT2D eigenvalue weighted by Gasteiger charge is -2.09. The summed E-state index contributed by atoms with van der Waals surface area (Å²) in [6.07, 6.45) is 8.66. The third-order valence-corrected chi connectivity index (χ3v) is 4.36. The number of unbranched alkanes of at least 4 members (excludes halogenated alkanes) is 5. The first-order chi connectivity index (χ1) is 14.1. The minimum Gasteiger partial charge on any atom is -0.493 e. The zero-order valence-corrected chi connectivity index (χ0v) is 16.7. The molecule has 2 rings (SSSR count). The fourth-order valence-corrected chi connectivity index (χ4v) is 2.77. The normalized spacial score (nSPS) is 10.8. The number of rotatable bonds is 12. The summed E-state index contributed by atoms with van der Waals surface area (Å²) in [6.45, 7) is 2.84. The maximum absolute atomic E-state index is 12.1. The molecule has 0 atom stereocenters. The SMILES string of the molecule is CCCCCCCCOc1ccccc1C=NNC(=O)c1cccc([N+](=O)[O-])c1. The highest BCUT2D eigenvalue weighted by Gasteiger charge is 2.10. The maximum Gasteiger partial charge on any atom is 0.271 e. The van der Waals surface area contributed by atoms with E-state index in [9.17, 15) is 14.9 Å². The lowest BCUT2D eigenvalue weighted by atomic mass is 10.1. The van der Waals surface area contributed by atoms with Gasteiger partial charge in [-0.15, -0.1) is 0 Å². The van der Waals surface area contributed by atoms with Crippen LogP contribution in [-0.2, 0) is 0 Å². The second-order valence-corrected chi connectivity index (χ2v) is 6.66. The maximum atomic E-state index is 12.1. The summed E-state index contributed by atoms with van der Waals surface area (Å²) < 4.78 is 5.85. The van der Waals surface area contributed by atoms with Crippen molar-refractivity contribution in [2.24, 2.45) is 5.10 Å². The van der Waals surface area contributed by atoms with E-state index in [4.69, 9.17) is 4.74 Å². The summed E-state index contributed by atoms with van der Waals surface area (Å²) in [7, 11) is 0. The number of hydrogen-bond acceptors (Lipinski definition) is 5. The number of para-hydroxylation sites is 1. The monoisotopic (exact) mass is 397 g/mol. The van der Waals surface area contributed by atoms with Gasteiger partial charge in [0, 0.05) is 23.3 Å². The summed E-state index contributed by atoms with van der Waals surface area (Å²) in [5, 5.41) is 14.8. The van der Waals surface area contributed by atoms with Gasteiger partial charge in [0.2, 0.25) is 0 Å². The molecule has 0 aromatic heterocycles. The molecule has 0 fully saturated rings. The van der Waals surface area contributed by atoms with Crippen LogP contribution >= 0.6 is 0 Å². The Morgan fingerprint density at radius 1 is 1.10 bits per heavy atom. The summed E-state index contributed by atoms with van der Waals surface area (Å²) in [5.74, 6) is 0.185. The van der Waals surface area contributed by atoms with Gasteiger partial charge >= 0.3 is 0 Å². The molecule has 2 aromatic carbocycles. The minimum absolute atomic E-state index is 0.143. The highest BCUT2D eigenvalue weighted by molar-refractivity contribution is 5.95. The Morgan fingerprint density at radius 2 is 1.86 bits per heavy atom. The Hall–Kier alpha value is -3.22. The van der Waals surface area contributed by atoms with E-state index in [2.05, 4.69) is 17.5 Å². The van der Waals surface area contributed by atoms with Crippen LogP contribution in [0.2, 0.25) is 0 Å². The number of nitro benzene ring substituents is 1. The number of nitrogens with one attached hydrogen (secondary N) is 1. The summed E-state index contributed by atoms with van der Waals surface area (Å²) in [4.78, 5) is 22.4. The predicted molar refractivity (Wildman–Crippen MR) is 113 cm³/mol. The van der Waals surface area contributed by atoms with Gasteiger partial charge in [0.25, 0.3) is 11.6 Å². The van der Waals surface area contributed by atoms with Gasteiger partial charge in [0.15, 0.2) is 0 Å². The van der Waals surface area contributed by atoms with Crippen molar-refractivity contribution in [2.45, 2.75) is 45.4 Å². The minimum atomic E-state index is -0.544. The molecule has 7 heteroatoms. The van der Waals surface area contributed by atoms with Gasteiger partial charge in [-0.1, -0.05) is 57.2 Å². The highest BCUT2D eigenvalue weighted by atomic mass is 16.6. The fraction of sp³-hybridized carbons (Fsp3) is 0.364. The molecule has 154 valence electrons. The molecule has 1 N–H and O–H groups in total.